The lowest BCUT2D eigenvalue weighted by atomic mass is 10.0. The Balaban J connectivity index is 0.000000232. The third-order valence-electron chi connectivity index (χ3n) is 13.7. The van der Waals surface area contributed by atoms with Gasteiger partial charge in [0.1, 0.15) is 28.0 Å². The molecule has 0 bridgehead atoms. The summed E-state index contributed by atoms with van der Waals surface area (Å²) < 4.78 is 58.4. The molecule has 10 rings (SSSR count). The minimum Gasteiger partial charge on any atom is -0.478 e. The molecule has 0 fully saturated rings. The Morgan fingerprint density at radius 3 is 1.25 bits per heavy atom. The Labute approximate surface area is 568 Å². The number of amides is 3. The van der Waals surface area contributed by atoms with E-state index in [9.17, 15) is 42.5 Å². The number of esters is 2. The number of ether oxygens (including phenoxy) is 2. The maximum absolute atomic E-state index is 12.5. The van der Waals surface area contributed by atoms with E-state index in [0.717, 1.165) is 66.3 Å². The van der Waals surface area contributed by atoms with Gasteiger partial charge in [-0.25, -0.2) is 25.0 Å². The molecule has 0 spiro atoms. The smallest absolute Gasteiger partial charge is 0.339 e. The van der Waals surface area contributed by atoms with Gasteiger partial charge in [-0.05, 0) is 260 Å². The first-order chi connectivity index (χ1) is 45.1. The van der Waals surface area contributed by atoms with Crippen LogP contribution in [0.4, 0.5) is 4.39 Å². The van der Waals surface area contributed by atoms with Gasteiger partial charge in [0.25, 0.3) is 11.8 Å². The molecule has 0 atom stereocenters. The van der Waals surface area contributed by atoms with Crippen molar-refractivity contribution < 1.29 is 81.2 Å². The molecule has 4 heterocycles. The second kappa shape index (κ2) is 32.7. The van der Waals surface area contributed by atoms with Crippen molar-refractivity contribution in [1.82, 2.24) is 26.5 Å². The van der Waals surface area contributed by atoms with Crippen LogP contribution in [0.1, 0.15) is 166 Å². The fourth-order valence-electron chi connectivity index (χ4n) is 9.04. The Hall–Kier alpha value is -9.64. The first-order valence-corrected chi connectivity index (χ1v) is 33.3. The monoisotopic (exact) mass is 1400 g/mol. The molecule has 22 nitrogen and oxygen atoms in total. The predicted molar refractivity (Wildman–Crippen MR) is 366 cm³/mol. The average molecular weight is 1400 g/mol. The summed E-state index contributed by atoms with van der Waals surface area (Å²) in [5.74, 6) is 2.13. The number of hydrogen-bond acceptors (Lipinski definition) is 17. The lowest BCUT2D eigenvalue weighted by Crippen LogP contribution is -2.41. The third kappa shape index (κ3) is 21.2. The van der Waals surface area contributed by atoms with Crippen LogP contribution in [0.3, 0.4) is 0 Å². The van der Waals surface area contributed by atoms with E-state index in [-0.39, 0.29) is 28.5 Å². The number of benzene rings is 6. The number of alkyl halides is 1. The molecule has 0 saturated carbocycles. The number of carboxylic acid groups (broad SMARTS) is 2. The SMILES string of the molecule is Cc1cc(C(=O)O)ccc1-c1nnc(-c2cc3c(C)ccc(C)c3o2)o1.Cc1cc(C(=O)OC(C)(C)C)ccc1C(=O)NNC(=O)c1cc2c(C)ccc(C)c2o1.Cc1cc(C(=O)OC(C)(C)C)ccc1C(=O)O.Cc1ccc(C)c2oc(C(=O)NN)cc12.O=P(Cl)(Cl)Cl.[2H]CF. The molecule has 6 aromatic carbocycles. The van der Waals surface area contributed by atoms with Gasteiger partial charge in [0.15, 0.2) is 17.3 Å². The van der Waals surface area contributed by atoms with Crippen LogP contribution in [0.5, 0.6) is 0 Å². The molecular weight excluding hydrogens is 1330 g/mol. The lowest BCUT2D eigenvalue weighted by molar-refractivity contribution is 0.00569. The van der Waals surface area contributed by atoms with E-state index in [1.165, 1.54) is 36.4 Å². The number of aromatic nitrogens is 2. The number of carboxylic acids is 2. The van der Waals surface area contributed by atoms with Crippen LogP contribution in [0.25, 0.3) is 56.0 Å². The lowest BCUT2D eigenvalue weighted by Gasteiger charge is -2.19. The number of aromatic carboxylic acids is 2. The molecular formula is C69H73Cl3FN6O16P. The second-order valence-electron chi connectivity index (χ2n) is 23.6. The zero-order valence-corrected chi connectivity index (χ0v) is 58.3. The molecule has 10 aromatic rings. The highest BCUT2D eigenvalue weighted by atomic mass is 36.0. The first-order valence-electron chi connectivity index (χ1n) is 29.6. The second-order valence-corrected chi connectivity index (χ2v) is 30.2. The van der Waals surface area contributed by atoms with Gasteiger partial charge >= 0.3 is 40.9 Å². The number of nitrogen functional groups attached to an aromatic ring is 1. The molecule has 96 heavy (non-hydrogen) atoms. The molecule has 3 amide bonds. The quantitative estimate of drug-likeness (QED) is 0.0257. The van der Waals surface area contributed by atoms with Crippen molar-refractivity contribution in [3.63, 3.8) is 0 Å². The van der Waals surface area contributed by atoms with Crippen molar-refractivity contribution in [2.24, 2.45) is 5.84 Å². The number of hydrazine groups is 2. The van der Waals surface area contributed by atoms with Crippen molar-refractivity contribution in [3.05, 3.63) is 199 Å². The van der Waals surface area contributed by atoms with E-state index in [1.54, 1.807) is 92.6 Å². The van der Waals surface area contributed by atoms with Crippen molar-refractivity contribution in [1.29, 1.82) is 0 Å². The average Bonchev–Trinajstić information content (AvgIpc) is 1.66. The van der Waals surface area contributed by atoms with Gasteiger partial charge in [0.2, 0.25) is 5.89 Å². The van der Waals surface area contributed by atoms with Crippen LogP contribution < -0.4 is 22.1 Å². The molecule has 508 valence electrons. The van der Waals surface area contributed by atoms with Gasteiger partial charge in [-0.15, -0.1) is 10.2 Å². The summed E-state index contributed by atoms with van der Waals surface area (Å²) in [7, 11) is -1.00. The van der Waals surface area contributed by atoms with Crippen LogP contribution >= 0.6 is 38.9 Å². The number of nitrogens with one attached hydrogen (secondary N) is 3. The zero-order chi connectivity index (χ0) is 72.8. The number of rotatable bonds is 9. The van der Waals surface area contributed by atoms with Crippen LogP contribution in [0.2, 0.25) is 0 Å². The highest BCUT2D eigenvalue weighted by Crippen LogP contribution is 2.61. The van der Waals surface area contributed by atoms with E-state index in [1.807, 2.05) is 89.4 Å². The van der Waals surface area contributed by atoms with E-state index in [2.05, 4.69) is 54.8 Å². The number of nitrogens with zero attached hydrogens (tertiary/aromatic N) is 2. The fraction of sp³-hybridized carbons (Fsp3) is 0.261. The van der Waals surface area contributed by atoms with E-state index in [4.69, 9.17) is 44.6 Å². The van der Waals surface area contributed by atoms with Gasteiger partial charge in [0, 0.05) is 27.3 Å². The van der Waals surface area contributed by atoms with Gasteiger partial charge in [-0.3, -0.25) is 39.6 Å². The Morgan fingerprint density at radius 2 is 0.865 bits per heavy atom. The molecule has 7 N–H and O–H groups in total. The topological polar surface area (TPSA) is 336 Å². The summed E-state index contributed by atoms with van der Waals surface area (Å²) in [6.45, 7) is 27.6. The molecule has 0 aliphatic carbocycles. The van der Waals surface area contributed by atoms with E-state index >= 15 is 0 Å². The maximum Gasteiger partial charge on any atom is 0.339 e. The zero-order valence-electron chi connectivity index (χ0n) is 56.1. The summed E-state index contributed by atoms with van der Waals surface area (Å²) in [6, 6.07) is 30.9. The standard InChI is InChI=1S/C24H26N2O5.C20H16N2O4.C13H16O4.C11H12N2O2.CH3F.Cl3OP/c1-13-7-8-14(2)20-18(13)12-19(30-20)22(28)26-25-21(27)17-10-9-16(11-15(17)3)23(29)31-24(4,5)6;1-10-4-5-11(2)17-15(10)9-16(25-17)19-22-21-18(26-19)14-7-6-13(20(23)24)8-12(14)3;1-8-7-9(5-6-10(8)11(14)15)12(16)17-13(2,3)4;1-6-3-4-7(2)10-8(6)5-9(15-10)11(14)13-12;1-2;1-5(2,3)4/h7-12H,1-6H3,(H,25,27)(H,26,28);4-9H,1-3H3,(H,23,24);5-7H,1-4H3,(H,14,15);3-5H,12H2,1-2H3,(H,13,14);1H3;/i;;;;1D;. The van der Waals surface area contributed by atoms with Gasteiger partial charge in [-0.2, -0.15) is 0 Å². The Kier molecular flexibility index (Phi) is 25.7. The number of furan rings is 3. The fourth-order valence-corrected chi connectivity index (χ4v) is 9.04. The molecule has 0 unspecified atom stereocenters. The van der Waals surface area contributed by atoms with Crippen molar-refractivity contribution in [3.8, 4) is 23.1 Å². The molecule has 0 saturated heterocycles. The summed E-state index contributed by atoms with van der Waals surface area (Å²) in [5.41, 5.74) is 18.0. The number of fused-ring (bicyclic) bond motifs is 3. The van der Waals surface area contributed by atoms with Crippen LogP contribution in [-0.4, -0.2) is 80.4 Å². The van der Waals surface area contributed by atoms with E-state index in [0.29, 0.717) is 50.6 Å². The number of aryl methyl sites for hydroxylation is 9. The highest BCUT2D eigenvalue weighted by molar-refractivity contribution is 8.24. The normalized spacial score (nSPS) is 11.1. The summed E-state index contributed by atoms with van der Waals surface area (Å²) in [6.07, 6.45) is 0. The Bertz CT molecular complexity index is 4510. The van der Waals surface area contributed by atoms with E-state index < -0.39 is 65.2 Å². The third-order valence-corrected chi connectivity index (χ3v) is 13.7. The number of nitrogens with two attached hydrogens (primary N) is 1. The number of carbonyl (C=O) groups excluding carboxylic acids is 5. The highest BCUT2D eigenvalue weighted by Gasteiger charge is 2.24. The summed E-state index contributed by atoms with van der Waals surface area (Å²) in [5, 5.41) is 25.7. The number of hydrogen-bond donors (Lipinski definition) is 6. The number of halogens is 4. The van der Waals surface area contributed by atoms with Crippen molar-refractivity contribution in [2.75, 3.05) is 7.15 Å². The summed E-state index contributed by atoms with van der Waals surface area (Å²) >= 11 is 13.8. The predicted octanol–water partition coefficient (Wildman–Crippen LogP) is 16.9. The van der Waals surface area contributed by atoms with Crippen LogP contribution in [0.15, 0.2) is 127 Å². The minimum atomic E-state index is -3.22. The molecule has 0 aliphatic rings. The largest absolute Gasteiger partial charge is 0.478 e. The number of carbonyl (C=O) groups is 7. The van der Waals surface area contributed by atoms with Gasteiger partial charge < -0.3 is 37.4 Å². The minimum absolute atomic E-state index is 0.102. The summed E-state index contributed by atoms with van der Waals surface area (Å²) in [4.78, 5) is 82.1. The van der Waals surface area contributed by atoms with Gasteiger partial charge in [-0.1, -0.05) is 36.4 Å². The van der Waals surface area contributed by atoms with Crippen LogP contribution in [0, 0.1) is 62.3 Å². The first kappa shape index (κ1) is 75.4. The molecule has 0 radical (unpaired) electrons. The molecule has 4 aromatic heterocycles. The van der Waals surface area contributed by atoms with Crippen molar-refractivity contribution >= 4 is 113 Å². The molecule has 0 aliphatic heterocycles. The van der Waals surface area contributed by atoms with Crippen molar-refractivity contribution in [2.45, 2.75) is 115 Å². The molecule has 27 heteroatoms. The Morgan fingerprint density at radius 1 is 0.490 bits per heavy atom. The maximum atomic E-state index is 12.5. The van der Waals surface area contributed by atoms with Crippen LogP contribution in [-0.2, 0) is 14.0 Å². The van der Waals surface area contributed by atoms with Gasteiger partial charge in [0.05, 0.1) is 30.8 Å².